The van der Waals surface area contributed by atoms with E-state index >= 15 is 0 Å². The maximum absolute atomic E-state index is 3.54. The van der Waals surface area contributed by atoms with Crippen LogP contribution in [0.3, 0.4) is 0 Å². The van der Waals surface area contributed by atoms with Crippen LogP contribution in [-0.4, -0.2) is 19.1 Å². The normalized spacial score (nSPS) is 16.3. The van der Waals surface area contributed by atoms with Crippen LogP contribution in [0, 0.1) is 0 Å². The van der Waals surface area contributed by atoms with Crippen molar-refractivity contribution in [3.63, 3.8) is 0 Å². The van der Waals surface area contributed by atoms with Gasteiger partial charge in [0.1, 0.15) is 0 Å². The summed E-state index contributed by atoms with van der Waals surface area (Å²) in [5.41, 5.74) is 1.36. The summed E-state index contributed by atoms with van der Waals surface area (Å²) < 4.78 is 0. The molecule has 1 aliphatic rings. The van der Waals surface area contributed by atoms with E-state index in [4.69, 9.17) is 0 Å². The van der Waals surface area contributed by atoms with Crippen LogP contribution in [0.4, 0.5) is 0 Å². The smallest absolute Gasteiger partial charge is 0.0206 e. The Morgan fingerprint density at radius 3 is 2.53 bits per heavy atom. The summed E-state index contributed by atoms with van der Waals surface area (Å²) in [6.45, 7) is 3.14. The maximum atomic E-state index is 3.54. The van der Waals surface area contributed by atoms with Crippen molar-refractivity contribution in [3.8, 4) is 0 Å². The van der Waals surface area contributed by atoms with Gasteiger partial charge >= 0.3 is 0 Å². The molecule has 15 heavy (non-hydrogen) atoms. The highest BCUT2D eigenvalue weighted by Crippen LogP contribution is 2.17. The fraction of sp³-hybridized carbons (Fsp3) is 0.538. The molecule has 82 valence electrons. The van der Waals surface area contributed by atoms with Gasteiger partial charge < -0.3 is 10.6 Å². The minimum absolute atomic E-state index is 0.809. The predicted octanol–water partition coefficient (Wildman–Crippen LogP) is 1.92. The lowest BCUT2D eigenvalue weighted by Gasteiger charge is -2.26. The van der Waals surface area contributed by atoms with Gasteiger partial charge in [0.25, 0.3) is 0 Å². The fourth-order valence-electron chi connectivity index (χ4n) is 1.81. The zero-order valence-corrected chi connectivity index (χ0v) is 9.21. The zero-order valence-electron chi connectivity index (χ0n) is 9.21. The molecule has 0 radical (unpaired) electrons. The van der Waals surface area contributed by atoms with E-state index in [1.54, 1.807) is 0 Å². The molecule has 0 saturated heterocycles. The Labute approximate surface area is 92.1 Å². The maximum Gasteiger partial charge on any atom is 0.0206 e. The van der Waals surface area contributed by atoms with Crippen molar-refractivity contribution in [1.29, 1.82) is 0 Å². The second kappa shape index (κ2) is 5.89. The lowest BCUT2D eigenvalue weighted by Crippen LogP contribution is -2.39. The first-order valence-electron chi connectivity index (χ1n) is 5.93. The summed E-state index contributed by atoms with van der Waals surface area (Å²) in [5.74, 6) is 0. The standard InChI is InChI=1S/C13H20N2/c1-2-5-12(6-3-1)11-14-9-10-15-13-7-4-8-13/h1-3,5-6,13-15H,4,7-11H2. The molecule has 0 amide bonds. The number of hydrogen-bond donors (Lipinski definition) is 2. The minimum atomic E-state index is 0.809. The molecule has 0 unspecified atom stereocenters. The van der Waals surface area contributed by atoms with E-state index in [1.807, 2.05) is 0 Å². The van der Waals surface area contributed by atoms with Gasteiger partial charge in [0.05, 0.1) is 0 Å². The first-order chi connectivity index (χ1) is 7.45. The predicted molar refractivity (Wildman–Crippen MR) is 63.8 cm³/mol. The highest BCUT2D eigenvalue weighted by atomic mass is 15.0. The van der Waals surface area contributed by atoms with Crippen molar-refractivity contribution >= 4 is 0 Å². The van der Waals surface area contributed by atoms with Gasteiger partial charge in [-0.15, -0.1) is 0 Å². The number of hydrogen-bond acceptors (Lipinski definition) is 2. The Bertz CT molecular complexity index is 267. The first-order valence-corrected chi connectivity index (χ1v) is 5.93. The summed E-state index contributed by atoms with van der Waals surface area (Å²) in [4.78, 5) is 0. The number of benzene rings is 1. The molecule has 0 spiro atoms. The molecule has 1 aliphatic carbocycles. The van der Waals surface area contributed by atoms with Gasteiger partial charge in [-0.05, 0) is 18.4 Å². The fourth-order valence-corrected chi connectivity index (χ4v) is 1.81. The number of rotatable bonds is 6. The molecule has 2 heteroatoms. The topological polar surface area (TPSA) is 24.1 Å². The SMILES string of the molecule is c1ccc(CNCCNC2CCC2)cc1. The van der Waals surface area contributed by atoms with Crippen LogP contribution in [0.5, 0.6) is 0 Å². The third-order valence-corrected chi connectivity index (χ3v) is 3.01. The molecule has 2 rings (SSSR count). The summed E-state index contributed by atoms with van der Waals surface area (Å²) in [5, 5.41) is 6.99. The zero-order chi connectivity index (χ0) is 10.3. The van der Waals surface area contributed by atoms with Gasteiger partial charge in [-0.2, -0.15) is 0 Å². The van der Waals surface area contributed by atoms with Gasteiger partial charge in [-0.3, -0.25) is 0 Å². The highest BCUT2D eigenvalue weighted by Gasteiger charge is 2.15. The highest BCUT2D eigenvalue weighted by molar-refractivity contribution is 5.14. The van der Waals surface area contributed by atoms with Crippen molar-refractivity contribution < 1.29 is 0 Å². The summed E-state index contributed by atoms with van der Waals surface area (Å²) in [6.07, 6.45) is 4.16. The molecule has 1 saturated carbocycles. The summed E-state index contributed by atoms with van der Waals surface area (Å²) in [7, 11) is 0. The van der Waals surface area contributed by atoms with Crippen molar-refractivity contribution in [3.05, 3.63) is 35.9 Å². The monoisotopic (exact) mass is 204 g/mol. The van der Waals surface area contributed by atoms with Crippen LogP contribution < -0.4 is 10.6 Å². The van der Waals surface area contributed by atoms with Gasteiger partial charge in [-0.25, -0.2) is 0 Å². The minimum Gasteiger partial charge on any atom is -0.313 e. The third-order valence-electron chi connectivity index (χ3n) is 3.01. The molecular weight excluding hydrogens is 184 g/mol. The van der Waals surface area contributed by atoms with Crippen LogP contribution >= 0.6 is 0 Å². The Balaban J connectivity index is 1.51. The van der Waals surface area contributed by atoms with E-state index in [-0.39, 0.29) is 0 Å². The van der Waals surface area contributed by atoms with Gasteiger partial charge in [0.15, 0.2) is 0 Å². The third kappa shape index (κ3) is 3.65. The molecule has 2 N–H and O–H groups in total. The summed E-state index contributed by atoms with van der Waals surface area (Å²) in [6, 6.07) is 11.4. The molecule has 0 bridgehead atoms. The second-order valence-corrected chi connectivity index (χ2v) is 4.24. The van der Waals surface area contributed by atoms with E-state index < -0.39 is 0 Å². The summed E-state index contributed by atoms with van der Waals surface area (Å²) >= 11 is 0. The van der Waals surface area contributed by atoms with Crippen LogP contribution in [0.25, 0.3) is 0 Å². The first kappa shape index (κ1) is 10.7. The van der Waals surface area contributed by atoms with E-state index in [0.717, 1.165) is 25.7 Å². The van der Waals surface area contributed by atoms with Crippen LogP contribution in [-0.2, 0) is 6.54 Å². The molecule has 0 heterocycles. The van der Waals surface area contributed by atoms with Crippen molar-refractivity contribution in [1.82, 2.24) is 10.6 Å². The lowest BCUT2D eigenvalue weighted by atomic mass is 9.93. The van der Waals surface area contributed by atoms with E-state index in [9.17, 15) is 0 Å². The van der Waals surface area contributed by atoms with E-state index in [0.29, 0.717) is 0 Å². The van der Waals surface area contributed by atoms with Crippen molar-refractivity contribution in [2.75, 3.05) is 13.1 Å². The molecule has 1 fully saturated rings. The Morgan fingerprint density at radius 1 is 1.07 bits per heavy atom. The molecule has 1 aromatic rings. The molecule has 2 nitrogen and oxygen atoms in total. The molecular formula is C13H20N2. The lowest BCUT2D eigenvalue weighted by molar-refractivity contribution is 0.339. The van der Waals surface area contributed by atoms with E-state index in [2.05, 4.69) is 41.0 Å². The Hall–Kier alpha value is -0.860. The van der Waals surface area contributed by atoms with Gasteiger partial charge in [0.2, 0.25) is 0 Å². The van der Waals surface area contributed by atoms with E-state index in [1.165, 1.54) is 24.8 Å². The second-order valence-electron chi connectivity index (χ2n) is 4.24. The van der Waals surface area contributed by atoms with Crippen molar-refractivity contribution in [2.45, 2.75) is 31.8 Å². The molecule has 1 aromatic carbocycles. The number of nitrogens with one attached hydrogen (secondary N) is 2. The van der Waals surface area contributed by atoms with Crippen LogP contribution in [0.2, 0.25) is 0 Å². The van der Waals surface area contributed by atoms with Crippen LogP contribution in [0.1, 0.15) is 24.8 Å². The molecule has 0 aliphatic heterocycles. The average molecular weight is 204 g/mol. The van der Waals surface area contributed by atoms with Gasteiger partial charge in [0, 0.05) is 25.7 Å². The average Bonchev–Trinajstić information content (AvgIpc) is 2.22. The molecule has 0 atom stereocenters. The Kier molecular flexibility index (Phi) is 4.18. The van der Waals surface area contributed by atoms with Crippen molar-refractivity contribution in [2.24, 2.45) is 0 Å². The Morgan fingerprint density at radius 2 is 1.87 bits per heavy atom. The largest absolute Gasteiger partial charge is 0.313 e. The van der Waals surface area contributed by atoms with Crippen LogP contribution in [0.15, 0.2) is 30.3 Å². The van der Waals surface area contributed by atoms with Gasteiger partial charge in [-0.1, -0.05) is 36.8 Å². The quantitative estimate of drug-likeness (QED) is 0.692. The molecule has 0 aromatic heterocycles.